The zero-order chi connectivity index (χ0) is 16.8. The summed E-state index contributed by atoms with van der Waals surface area (Å²) in [7, 11) is 0. The zero-order valence-corrected chi connectivity index (χ0v) is 14.2. The van der Waals surface area contributed by atoms with Gasteiger partial charge in [0.25, 0.3) is 0 Å². The Morgan fingerprint density at radius 1 is 1.21 bits per heavy atom. The predicted molar refractivity (Wildman–Crippen MR) is 93.7 cm³/mol. The van der Waals surface area contributed by atoms with E-state index in [-0.39, 0.29) is 11.8 Å². The molecule has 1 fully saturated rings. The highest BCUT2D eigenvalue weighted by Crippen LogP contribution is 2.26. The molecule has 2 aromatic rings. The number of piperidine rings is 1. The van der Waals surface area contributed by atoms with Gasteiger partial charge in [0.1, 0.15) is 5.82 Å². The number of amides is 1. The van der Waals surface area contributed by atoms with E-state index >= 15 is 0 Å². The van der Waals surface area contributed by atoms with Gasteiger partial charge in [0.15, 0.2) is 5.65 Å². The monoisotopic (exact) mass is 329 g/mol. The molecule has 2 aromatic heterocycles. The minimum Gasteiger partial charge on any atom is -0.342 e. The van der Waals surface area contributed by atoms with Crippen LogP contribution in [0.4, 0.5) is 0 Å². The fourth-order valence-electron chi connectivity index (χ4n) is 3.48. The molecule has 1 atom stereocenters. The van der Waals surface area contributed by atoms with Crippen LogP contribution in [0.25, 0.3) is 5.65 Å². The van der Waals surface area contributed by atoms with E-state index in [0.29, 0.717) is 6.42 Å². The van der Waals surface area contributed by atoms with Gasteiger partial charge in [0, 0.05) is 31.6 Å². The number of hydrogen-bond donors (Lipinski definition) is 1. The van der Waals surface area contributed by atoms with Crippen molar-refractivity contribution in [1.82, 2.24) is 19.5 Å². The molecular weight excluding hydrogens is 302 g/mol. The molecule has 1 saturated heterocycles. The molecule has 6 nitrogen and oxygen atoms in total. The number of unbranched alkanes of at least 4 members (excludes halogenated alkanes) is 3. The average Bonchev–Trinajstić information content (AvgIpc) is 3.05. The van der Waals surface area contributed by atoms with Crippen LogP contribution in [0.15, 0.2) is 24.4 Å². The van der Waals surface area contributed by atoms with Crippen molar-refractivity contribution in [3.63, 3.8) is 0 Å². The van der Waals surface area contributed by atoms with Crippen LogP contribution in [0.1, 0.15) is 56.7 Å². The van der Waals surface area contributed by atoms with Crippen LogP contribution < -0.4 is 5.73 Å². The number of nitrogens with two attached hydrogens (primary N) is 1. The van der Waals surface area contributed by atoms with Gasteiger partial charge in [0.05, 0.1) is 0 Å². The molecule has 3 rings (SSSR count). The van der Waals surface area contributed by atoms with Crippen LogP contribution in [-0.4, -0.2) is 45.0 Å². The van der Waals surface area contributed by atoms with Crippen LogP contribution in [0.5, 0.6) is 0 Å². The molecule has 3 heterocycles. The first-order chi connectivity index (χ1) is 11.8. The number of fused-ring (bicyclic) bond motifs is 1. The normalized spacial score (nSPS) is 18.2. The molecule has 6 heteroatoms. The standard InChI is InChI=1S/C18H27N5O/c19-11-5-2-1-3-10-17(24)22-12-7-8-15(14-22)18-21-20-16-9-4-6-13-23(16)18/h4,6,9,13,15H,1-3,5,7-8,10-12,14,19H2. The van der Waals surface area contributed by atoms with Gasteiger partial charge in [-0.15, -0.1) is 10.2 Å². The van der Waals surface area contributed by atoms with Gasteiger partial charge in [-0.2, -0.15) is 0 Å². The van der Waals surface area contributed by atoms with Crippen LogP contribution in [0, 0.1) is 0 Å². The Bertz CT molecular complexity index is 668. The Hall–Kier alpha value is -1.95. The highest BCUT2D eigenvalue weighted by molar-refractivity contribution is 5.76. The zero-order valence-electron chi connectivity index (χ0n) is 14.2. The van der Waals surface area contributed by atoms with Crippen molar-refractivity contribution in [3.8, 4) is 0 Å². The van der Waals surface area contributed by atoms with Crippen LogP contribution in [-0.2, 0) is 4.79 Å². The lowest BCUT2D eigenvalue weighted by atomic mass is 9.96. The van der Waals surface area contributed by atoms with E-state index in [4.69, 9.17) is 5.73 Å². The third kappa shape index (κ3) is 3.93. The molecule has 1 aliphatic heterocycles. The van der Waals surface area contributed by atoms with Gasteiger partial charge in [0.2, 0.25) is 5.91 Å². The highest BCUT2D eigenvalue weighted by Gasteiger charge is 2.27. The van der Waals surface area contributed by atoms with Crippen molar-refractivity contribution in [2.24, 2.45) is 5.73 Å². The molecule has 24 heavy (non-hydrogen) atoms. The lowest BCUT2D eigenvalue weighted by Crippen LogP contribution is -2.39. The fourth-order valence-corrected chi connectivity index (χ4v) is 3.48. The Labute approximate surface area is 143 Å². The Kier molecular flexibility index (Phi) is 5.80. The summed E-state index contributed by atoms with van der Waals surface area (Å²) in [6.45, 7) is 2.38. The number of carbonyl (C=O) groups is 1. The second-order valence-electron chi connectivity index (χ2n) is 6.62. The van der Waals surface area contributed by atoms with E-state index in [1.807, 2.05) is 33.7 Å². The molecule has 0 bridgehead atoms. The Morgan fingerprint density at radius 2 is 2.08 bits per heavy atom. The van der Waals surface area contributed by atoms with E-state index in [0.717, 1.165) is 69.6 Å². The van der Waals surface area contributed by atoms with Crippen molar-refractivity contribution in [3.05, 3.63) is 30.2 Å². The maximum Gasteiger partial charge on any atom is 0.222 e. The number of pyridine rings is 1. The van der Waals surface area contributed by atoms with Gasteiger partial charge in [-0.1, -0.05) is 18.9 Å². The molecule has 0 spiro atoms. The number of carbonyl (C=O) groups excluding carboxylic acids is 1. The summed E-state index contributed by atoms with van der Waals surface area (Å²) in [5.74, 6) is 1.53. The maximum atomic E-state index is 12.5. The minimum absolute atomic E-state index is 0.275. The maximum absolute atomic E-state index is 12.5. The van der Waals surface area contributed by atoms with Crippen LogP contribution in [0.2, 0.25) is 0 Å². The van der Waals surface area contributed by atoms with Crippen molar-refractivity contribution < 1.29 is 4.79 Å². The van der Waals surface area contributed by atoms with Gasteiger partial charge in [-0.3, -0.25) is 9.20 Å². The topological polar surface area (TPSA) is 76.5 Å². The number of hydrogen-bond acceptors (Lipinski definition) is 4. The van der Waals surface area contributed by atoms with Crippen molar-refractivity contribution in [2.75, 3.05) is 19.6 Å². The summed E-state index contributed by atoms with van der Waals surface area (Å²) in [4.78, 5) is 14.5. The van der Waals surface area contributed by atoms with Crippen LogP contribution in [0.3, 0.4) is 0 Å². The van der Waals surface area contributed by atoms with E-state index in [1.54, 1.807) is 0 Å². The lowest BCUT2D eigenvalue weighted by molar-refractivity contribution is -0.132. The molecule has 1 amide bonds. The average molecular weight is 329 g/mol. The molecule has 0 aromatic carbocycles. The molecule has 0 aliphatic carbocycles. The van der Waals surface area contributed by atoms with Gasteiger partial charge >= 0.3 is 0 Å². The second-order valence-corrected chi connectivity index (χ2v) is 6.62. The first-order valence-electron chi connectivity index (χ1n) is 9.07. The third-order valence-corrected chi connectivity index (χ3v) is 4.82. The third-order valence-electron chi connectivity index (χ3n) is 4.82. The Balaban J connectivity index is 1.57. The summed E-state index contributed by atoms with van der Waals surface area (Å²) in [5, 5.41) is 8.61. The Morgan fingerprint density at radius 3 is 2.96 bits per heavy atom. The second kappa shape index (κ2) is 8.24. The van der Waals surface area contributed by atoms with Gasteiger partial charge in [-0.05, 0) is 44.4 Å². The SMILES string of the molecule is NCCCCCCC(=O)N1CCCC(c2nnc3ccccn23)C1. The first-order valence-corrected chi connectivity index (χ1v) is 9.07. The van der Waals surface area contributed by atoms with E-state index in [1.165, 1.54) is 0 Å². The summed E-state index contributed by atoms with van der Waals surface area (Å²) < 4.78 is 2.05. The van der Waals surface area contributed by atoms with E-state index in [2.05, 4.69) is 10.2 Å². The number of rotatable bonds is 7. The number of aromatic nitrogens is 3. The van der Waals surface area contributed by atoms with Crippen molar-refractivity contribution in [1.29, 1.82) is 0 Å². The highest BCUT2D eigenvalue weighted by atomic mass is 16.2. The molecule has 1 unspecified atom stereocenters. The number of nitrogens with zero attached hydrogens (tertiary/aromatic N) is 4. The smallest absolute Gasteiger partial charge is 0.222 e. The van der Waals surface area contributed by atoms with E-state index < -0.39 is 0 Å². The van der Waals surface area contributed by atoms with Crippen LogP contribution >= 0.6 is 0 Å². The van der Waals surface area contributed by atoms with Crippen molar-refractivity contribution in [2.45, 2.75) is 50.9 Å². The molecule has 1 aliphatic rings. The van der Waals surface area contributed by atoms with E-state index in [9.17, 15) is 4.79 Å². The predicted octanol–water partition coefficient (Wildman–Crippen LogP) is 2.34. The molecule has 0 radical (unpaired) electrons. The summed E-state index contributed by atoms with van der Waals surface area (Å²) >= 11 is 0. The van der Waals surface area contributed by atoms with Gasteiger partial charge < -0.3 is 10.6 Å². The molecule has 130 valence electrons. The minimum atomic E-state index is 0.275. The lowest BCUT2D eigenvalue weighted by Gasteiger charge is -2.32. The van der Waals surface area contributed by atoms with Gasteiger partial charge in [-0.25, -0.2) is 0 Å². The summed E-state index contributed by atoms with van der Waals surface area (Å²) in [5.41, 5.74) is 6.37. The quantitative estimate of drug-likeness (QED) is 0.791. The largest absolute Gasteiger partial charge is 0.342 e. The van der Waals surface area contributed by atoms with Crippen molar-refractivity contribution >= 4 is 11.6 Å². The molecule has 0 saturated carbocycles. The fraction of sp³-hybridized carbons (Fsp3) is 0.611. The molecular formula is C18H27N5O. The number of likely N-dealkylation sites (tertiary alicyclic amines) is 1. The molecule has 2 N–H and O–H groups in total. The summed E-state index contributed by atoms with van der Waals surface area (Å²) in [6, 6.07) is 5.92. The first kappa shape index (κ1) is 16.9. The summed E-state index contributed by atoms with van der Waals surface area (Å²) in [6.07, 6.45) is 8.99.